The molecule has 0 unspecified atom stereocenters. The topological polar surface area (TPSA) is 107 Å². The molecule has 3 rings (SSSR count). The van der Waals surface area contributed by atoms with Crippen molar-refractivity contribution >= 4 is 28.5 Å². The molecule has 0 saturated heterocycles. The number of carbonyl (C=O) groups is 2. The SMILES string of the molecule is C[C@H](NC(=O)c1ccccc1)C(=O)Nc1ccc2[nH]c(=O)[nH]c2c1. The van der Waals surface area contributed by atoms with Crippen molar-refractivity contribution in [3.05, 3.63) is 64.6 Å². The maximum absolute atomic E-state index is 12.2. The van der Waals surface area contributed by atoms with Gasteiger partial charge < -0.3 is 20.6 Å². The normalized spacial score (nSPS) is 11.9. The first-order valence-electron chi connectivity index (χ1n) is 7.42. The van der Waals surface area contributed by atoms with Gasteiger partial charge in [-0.15, -0.1) is 0 Å². The lowest BCUT2D eigenvalue weighted by molar-refractivity contribution is -0.117. The molecule has 122 valence electrons. The van der Waals surface area contributed by atoms with Gasteiger partial charge in [0.05, 0.1) is 11.0 Å². The smallest absolute Gasteiger partial charge is 0.323 e. The van der Waals surface area contributed by atoms with Crippen molar-refractivity contribution in [2.45, 2.75) is 13.0 Å². The Morgan fingerprint density at radius 2 is 1.71 bits per heavy atom. The van der Waals surface area contributed by atoms with Crippen molar-refractivity contribution in [2.24, 2.45) is 0 Å². The van der Waals surface area contributed by atoms with Gasteiger partial charge in [-0.05, 0) is 37.3 Å². The van der Waals surface area contributed by atoms with Crippen molar-refractivity contribution in [3.63, 3.8) is 0 Å². The number of carbonyl (C=O) groups excluding carboxylic acids is 2. The number of fused-ring (bicyclic) bond motifs is 1. The molecule has 0 aliphatic heterocycles. The second kappa shape index (κ2) is 6.41. The summed E-state index contributed by atoms with van der Waals surface area (Å²) in [6.45, 7) is 1.60. The van der Waals surface area contributed by atoms with Gasteiger partial charge in [-0.2, -0.15) is 0 Å². The van der Waals surface area contributed by atoms with E-state index in [1.165, 1.54) is 0 Å². The van der Waals surface area contributed by atoms with Crippen LogP contribution in [0, 0.1) is 0 Å². The number of imidazole rings is 1. The van der Waals surface area contributed by atoms with Crippen LogP contribution in [-0.2, 0) is 4.79 Å². The Morgan fingerprint density at radius 3 is 2.46 bits per heavy atom. The third-order valence-corrected chi connectivity index (χ3v) is 3.56. The van der Waals surface area contributed by atoms with Crippen LogP contribution >= 0.6 is 0 Å². The maximum atomic E-state index is 12.2. The predicted octanol–water partition coefficient (Wildman–Crippen LogP) is 1.61. The van der Waals surface area contributed by atoms with E-state index >= 15 is 0 Å². The van der Waals surface area contributed by atoms with Crippen molar-refractivity contribution in [2.75, 3.05) is 5.32 Å². The highest BCUT2D eigenvalue weighted by atomic mass is 16.2. The molecule has 0 spiro atoms. The summed E-state index contributed by atoms with van der Waals surface area (Å²) in [6.07, 6.45) is 0. The molecule has 1 atom stereocenters. The zero-order chi connectivity index (χ0) is 17.1. The number of hydrogen-bond donors (Lipinski definition) is 4. The minimum Gasteiger partial charge on any atom is -0.341 e. The molecule has 7 heteroatoms. The lowest BCUT2D eigenvalue weighted by Crippen LogP contribution is -2.41. The Kier molecular flexibility index (Phi) is 4.15. The van der Waals surface area contributed by atoms with Crippen molar-refractivity contribution in [1.82, 2.24) is 15.3 Å². The van der Waals surface area contributed by atoms with Crippen molar-refractivity contribution < 1.29 is 9.59 Å². The standard InChI is InChI=1S/C17H16N4O3/c1-10(18-16(23)11-5-3-2-4-6-11)15(22)19-12-7-8-13-14(9-12)21-17(24)20-13/h2-10H,1H3,(H,18,23)(H,19,22)(H2,20,21,24)/t10-/m0/s1. The van der Waals surface area contributed by atoms with Gasteiger partial charge in [0.2, 0.25) is 5.91 Å². The molecule has 0 fully saturated rings. The number of benzene rings is 2. The summed E-state index contributed by atoms with van der Waals surface area (Å²) in [5.41, 5.74) is 1.96. The van der Waals surface area contributed by atoms with Crippen LogP contribution in [0.2, 0.25) is 0 Å². The Morgan fingerprint density at radius 1 is 1.00 bits per heavy atom. The number of hydrogen-bond acceptors (Lipinski definition) is 3. The first kappa shape index (κ1) is 15.5. The Hall–Kier alpha value is -3.35. The van der Waals surface area contributed by atoms with E-state index in [-0.39, 0.29) is 17.5 Å². The Labute approximate surface area is 137 Å². The monoisotopic (exact) mass is 324 g/mol. The highest BCUT2D eigenvalue weighted by Crippen LogP contribution is 2.14. The second-order valence-electron chi connectivity index (χ2n) is 5.39. The van der Waals surface area contributed by atoms with Crippen LogP contribution in [0.25, 0.3) is 11.0 Å². The van der Waals surface area contributed by atoms with Gasteiger partial charge in [0.1, 0.15) is 6.04 Å². The van der Waals surface area contributed by atoms with E-state index < -0.39 is 6.04 Å². The first-order chi connectivity index (χ1) is 11.5. The molecule has 1 heterocycles. The van der Waals surface area contributed by atoms with Crippen molar-refractivity contribution in [1.29, 1.82) is 0 Å². The average Bonchev–Trinajstić information content (AvgIpc) is 2.94. The molecule has 1 aromatic heterocycles. The highest BCUT2D eigenvalue weighted by Gasteiger charge is 2.16. The minimum absolute atomic E-state index is 0.308. The summed E-state index contributed by atoms with van der Waals surface area (Å²) in [5, 5.41) is 5.35. The zero-order valence-corrected chi connectivity index (χ0v) is 12.9. The number of H-pyrrole nitrogens is 2. The van der Waals surface area contributed by atoms with Gasteiger partial charge in [0.25, 0.3) is 5.91 Å². The molecule has 0 saturated carbocycles. The van der Waals surface area contributed by atoms with Crippen LogP contribution in [0.3, 0.4) is 0 Å². The summed E-state index contributed by atoms with van der Waals surface area (Å²) in [4.78, 5) is 40.8. The maximum Gasteiger partial charge on any atom is 0.323 e. The van der Waals surface area contributed by atoms with E-state index in [0.717, 1.165) is 0 Å². The largest absolute Gasteiger partial charge is 0.341 e. The Bertz CT molecular complexity index is 943. The van der Waals surface area contributed by atoms with Crippen LogP contribution in [-0.4, -0.2) is 27.8 Å². The summed E-state index contributed by atoms with van der Waals surface area (Å²) in [7, 11) is 0. The quantitative estimate of drug-likeness (QED) is 0.585. The number of aromatic nitrogens is 2. The molecular weight excluding hydrogens is 308 g/mol. The molecule has 0 aliphatic rings. The molecule has 0 bridgehead atoms. The third kappa shape index (κ3) is 3.35. The van der Waals surface area contributed by atoms with Crippen LogP contribution in [0.15, 0.2) is 53.3 Å². The lowest BCUT2D eigenvalue weighted by atomic mass is 10.2. The fourth-order valence-electron chi connectivity index (χ4n) is 2.30. The van der Waals surface area contributed by atoms with Gasteiger partial charge in [0.15, 0.2) is 0 Å². The summed E-state index contributed by atoms with van der Waals surface area (Å²) >= 11 is 0. The minimum atomic E-state index is -0.710. The van der Waals surface area contributed by atoms with Crippen LogP contribution in [0.4, 0.5) is 5.69 Å². The summed E-state index contributed by atoms with van der Waals surface area (Å²) in [6, 6.07) is 13.0. The van der Waals surface area contributed by atoms with Gasteiger partial charge in [-0.25, -0.2) is 4.79 Å². The van der Waals surface area contributed by atoms with E-state index in [1.807, 2.05) is 6.07 Å². The second-order valence-corrected chi connectivity index (χ2v) is 5.39. The fraction of sp³-hybridized carbons (Fsp3) is 0.118. The molecule has 2 aromatic carbocycles. The number of anilines is 1. The van der Waals surface area contributed by atoms with Gasteiger partial charge in [0, 0.05) is 11.3 Å². The molecule has 7 nitrogen and oxygen atoms in total. The van der Waals surface area contributed by atoms with Crippen molar-refractivity contribution in [3.8, 4) is 0 Å². The molecule has 4 N–H and O–H groups in total. The van der Waals surface area contributed by atoms with E-state index in [4.69, 9.17) is 0 Å². The molecule has 0 aliphatic carbocycles. The third-order valence-electron chi connectivity index (χ3n) is 3.56. The molecule has 24 heavy (non-hydrogen) atoms. The van der Waals surface area contributed by atoms with Crippen LogP contribution in [0.1, 0.15) is 17.3 Å². The Balaban J connectivity index is 1.66. The summed E-state index contributed by atoms with van der Waals surface area (Å²) in [5.74, 6) is -0.666. The number of amides is 2. The summed E-state index contributed by atoms with van der Waals surface area (Å²) < 4.78 is 0. The zero-order valence-electron chi connectivity index (χ0n) is 12.9. The molecule has 0 radical (unpaired) electrons. The van der Waals surface area contributed by atoms with E-state index in [0.29, 0.717) is 22.3 Å². The molecule has 2 amide bonds. The van der Waals surface area contributed by atoms with Crippen LogP contribution in [0.5, 0.6) is 0 Å². The van der Waals surface area contributed by atoms with Gasteiger partial charge in [-0.1, -0.05) is 18.2 Å². The molecule has 3 aromatic rings. The fourth-order valence-corrected chi connectivity index (χ4v) is 2.30. The average molecular weight is 324 g/mol. The van der Waals surface area contributed by atoms with Gasteiger partial charge >= 0.3 is 5.69 Å². The van der Waals surface area contributed by atoms with Crippen LogP contribution < -0.4 is 16.3 Å². The number of rotatable bonds is 4. The van der Waals surface area contributed by atoms with Gasteiger partial charge in [-0.3, -0.25) is 9.59 Å². The van der Waals surface area contributed by atoms with E-state index in [2.05, 4.69) is 20.6 Å². The predicted molar refractivity (Wildman–Crippen MR) is 90.9 cm³/mol. The lowest BCUT2D eigenvalue weighted by Gasteiger charge is -2.14. The number of aromatic amines is 2. The first-order valence-corrected chi connectivity index (χ1v) is 7.42. The number of nitrogens with one attached hydrogen (secondary N) is 4. The molecular formula is C17H16N4O3. The van der Waals surface area contributed by atoms with E-state index in [1.54, 1.807) is 49.4 Å². The highest BCUT2D eigenvalue weighted by molar-refractivity contribution is 6.01. The van der Waals surface area contributed by atoms with E-state index in [9.17, 15) is 14.4 Å².